The van der Waals surface area contributed by atoms with Crippen LogP contribution in [0.3, 0.4) is 0 Å². The van der Waals surface area contributed by atoms with Gasteiger partial charge in [-0.25, -0.2) is 4.39 Å². The van der Waals surface area contributed by atoms with E-state index in [1.807, 2.05) is 20.2 Å². The SMILES string of the molecule is CN(C)CCCOc1ccc(F)cc1C#N. The summed E-state index contributed by atoms with van der Waals surface area (Å²) in [6.45, 7) is 1.45. The summed E-state index contributed by atoms with van der Waals surface area (Å²) in [5.74, 6) is 0.0276. The van der Waals surface area contributed by atoms with Gasteiger partial charge in [0.2, 0.25) is 0 Å². The van der Waals surface area contributed by atoms with Gasteiger partial charge in [0.05, 0.1) is 12.2 Å². The van der Waals surface area contributed by atoms with Gasteiger partial charge >= 0.3 is 0 Å². The third-order valence-electron chi connectivity index (χ3n) is 2.07. The monoisotopic (exact) mass is 222 g/mol. The summed E-state index contributed by atoms with van der Waals surface area (Å²) in [5.41, 5.74) is 0.241. The maximum atomic E-state index is 12.8. The van der Waals surface area contributed by atoms with Gasteiger partial charge in [-0.2, -0.15) is 5.26 Å². The van der Waals surface area contributed by atoms with Crippen LogP contribution in [-0.2, 0) is 0 Å². The Morgan fingerprint density at radius 3 is 2.81 bits per heavy atom. The molecule has 1 rings (SSSR count). The first-order valence-electron chi connectivity index (χ1n) is 5.10. The maximum absolute atomic E-state index is 12.8. The minimum absolute atomic E-state index is 0.241. The number of hydrogen-bond donors (Lipinski definition) is 0. The lowest BCUT2D eigenvalue weighted by Crippen LogP contribution is -2.15. The fourth-order valence-electron chi connectivity index (χ4n) is 1.28. The molecule has 0 fully saturated rings. The number of halogens is 1. The Bertz CT molecular complexity index is 385. The predicted molar refractivity (Wildman–Crippen MR) is 59.8 cm³/mol. The average molecular weight is 222 g/mol. The van der Waals surface area contributed by atoms with Crippen molar-refractivity contribution < 1.29 is 9.13 Å². The van der Waals surface area contributed by atoms with Crippen molar-refractivity contribution in [2.75, 3.05) is 27.2 Å². The molecule has 1 aromatic rings. The quantitative estimate of drug-likeness (QED) is 0.715. The number of nitriles is 1. The van der Waals surface area contributed by atoms with E-state index in [-0.39, 0.29) is 5.56 Å². The van der Waals surface area contributed by atoms with Crippen LogP contribution in [0.5, 0.6) is 5.75 Å². The molecule has 86 valence electrons. The van der Waals surface area contributed by atoms with Crippen molar-refractivity contribution in [3.8, 4) is 11.8 Å². The second kappa shape index (κ2) is 6.09. The summed E-state index contributed by atoms with van der Waals surface area (Å²) < 4.78 is 18.2. The molecule has 1 aromatic carbocycles. The average Bonchev–Trinajstić information content (AvgIpc) is 2.25. The molecule has 0 atom stereocenters. The van der Waals surface area contributed by atoms with E-state index in [2.05, 4.69) is 4.90 Å². The van der Waals surface area contributed by atoms with Gasteiger partial charge in [0, 0.05) is 6.54 Å². The number of benzene rings is 1. The number of ether oxygens (including phenoxy) is 1. The van der Waals surface area contributed by atoms with Gasteiger partial charge in [0.1, 0.15) is 17.6 Å². The molecule has 0 N–H and O–H groups in total. The molecule has 0 radical (unpaired) electrons. The molecular formula is C12H15FN2O. The largest absolute Gasteiger partial charge is 0.492 e. The highest BCUT2D eigenvalue weighted by Crippen LogP contribution is 2.18. The van der Waals surface area contributed by atoms with Gasteiger partial charge in [-0.15, -0.1) is 0 Å². The van der Waals surface area contributed by atoms with Crippen LogP contribution in [-0.4, -0.2) is 32.1 Å². The van der Waals surface area contributed by atoms with Crippen molar-refractivity contribution in [3.05, 3.63) is 29.6 Å². The summed E-state index contributed by atoms with van der Waals surface area (Å²) >= 11 is 0. The molecule has 0 amide bonds. The lowest BCUT2D eigenvalue weighted by molar-refractivity contribution is 0.280. The first-order valence-corrected chi connectivity index (χ1v) is 5.10. The molecule has 0 aliphatic carbocycles. The minimum atomic E-state index is -0.419. The van der Waals surface area contributed by atoms with Gasteiger partial charge < -0.3 is 9.64 Å². The maximum Gasteiger partial charge on any atom is 0.137 e. The number of nitrogens with zero attached hydrogens (tertiary/aromatic N) is 2. The zero-order valence-corrected chi connectivity index (χ0v) is 9.53. The topological polar surface area (TPSA) is 36.3 Å². The molecule has 0 aliphatic heterocycles. The molecular weight excluding hydrogens is 207 g/mol. The summed E-state index contributed by atoms with van der Waals surface area (Å²) in [6.07, 6.45) is 0.870. The molecule has 0 saturated heterocycles. The van der Waals surface area contributed by atoms with E-state index in [4.69, 9.17) is 10.00 Å². The Balaban J connectivity index is 2.51. The van der Waals surface area contributed by atoms with Gasteiger partial charge in [-0.1, -0.05) is 0 Å². The normalized spacial score (nSPS) is 10.2. The summed E-state index contributed by atoms with van der Waals surface area (Å²) in [7, 11) is 3.97. The van der Waals surface area contributed by atoms with Crippen LogP contribution in [0.15, 0.2) is 18.2 Å². The van der Waals surface area contributed by atoms with Crippen LogP contribution in [0.2, 0.25) is 0 Å². The van der Waals surface area contributed by atoms with Gasteiger partial charge in [-0.3, -0.25) is 0 Å². The molecule has 3 nitrogen and oxygen atoms in total. The van der Waals surface area contributed by atoms with Crippen molar-refractivity contribution in [1.82, 2.24) is 4.90 Å². The van der Waals surface area contributed by atoms with Gasteiger partial charge in [-0.05, 0) is 38.7 Å². The molecule has 4 heteroatoms. The lowest BCUT2D eigenvalue weighted by atomic mass is 10.2. The Labute approximate surface area is 95.1 Å². The van der Waals surface area contributed by atoms with Gasteiger partial charge in [0.15, 0.2) is 0 Å². The third kappa shape index (κ3) is 3.87. The van der Waals surface area contributed by atoms with E-state index >= 15 is 0 Å². The summed E-state index contributed by atoms with van der Waals surface area (Å²) in [5, 5.41) is 8.78. The number of rotatable bonds is 5. The first kappa shape index (κ1) is 12.5. The molecule has 0 aromatic heterocycles. The Kier molecular flexibility index (Phi) is 4.74. The fraction of sp³-hybridized carbons (Fsp3) is 0.417. The predicted octanol–water partition coefficient (Wildman–Crippen LogP) is 2.03. The zero-order chi connectivity index (χ0) is 12.0. The zero-order valence-electron chi connectivity index (χ0n) is 9.53. The van der Waals surface area contributed by atoms with E-state index in [1.54, 1.807) is 0 Å². The molecule has 16 heavy (non-hydrogen) atoms. The standard InChI is InChI=1S/C12H15FN2O/c1-15(2)6-3-7-16-12-5-4-11(13)8-10(12)9-14/h4-5,8H,3,6-7H2,1-2H3. The van der Waals surface area contributed by atoms with Crippen LogP contribution >= 0.6 is 0 Å². The highest BCUT2D eigenvalue weighted by atomic mass is 19.1. The Morgan fingerprint density at radius 1 is 1.44 bits per heavy atom. The highest BCUT2D eigenvalue weighted by Gasteiger charge is 2.04. The number of hydrogen-bond acceptors (Lipinski definition) is 3. The molecule has 0 spiro atoms. The van der Waals surface area contributed by atoms with Crippen molar-refractivity contribution >= 4 is 0 Å². The summed E-state index contributed by atoms with van der Waals surface area (Å²) in [6, 6.07) is 5.88. The van der Waals surface area contributed by atoms with Gasteiger partial charge in [0.25, 0.3) is 0 Å². The van der Waals surface area contributed by atoms with E-state index < -0.39 is 5.82 Å². The van der Waals surface area contributed by atoms with E-state index in [9.17, 15) is 4.39 Å². The van der Waals surface area contributed by atoms with Crippen LogP contribution in [0, 0.1) is 17.1 Å². The van der Waals surface area contributed by atoms with E-state index in [1.165, 1.54) is 18.2 Å². The Morgan fingerprint density at radius 2 is 2.19 bits per heavy atom. The van der Waals surface area contributed by atoms with Crippen LogP contribution < -0.4 is 4.74 Å². The van der Waals surface area contributed by atoms with Crippen LogP contribution in [0.25, 0.3) is 0 Å². The Hall–Kier alpha value is -1.60. The highest BCUT2D eigenvalue weighted by molar-refractivity contribution is 5.42. The van der Waals surface area contributed by atoms with Crippen molar-refractivity contribution in [3.63, 3.8) is 0 Å². The van der Waals surface area contributed by atoms with E-state index in [0.29, 0.717) is 12.4 Å². The fourth-order valence-corrected chi connectivity index (χ4v) is 1.28. The van der Waals surface area contributed by atoms with Crippen molar-refractivity contribution in [2.45, 2.75) is 6.42 Å². The molecule has 0 bridgehead atoms. The minimum Gasteiger partial charge on any atom is -0.492 e. The second-order valence-corrected chi connectivity index (χ2v) is 3.76. The first-order chi connectivity index (χ1) is 7.63. The third-order valence-corrected chi connectivity index (χ3v) is 2.07. The smallest absolute Gasteiger partial charge is 0.137 e. The lowest BCUT2D eigenvalue weighted by Gasteiger charge is -2.11. The molecule has 0 unspecified atom stereocenters. The van der Waals surface area contributed by atoms with Crippen molar-refractivity contribution in [1.29, 1.82) is 5.26 Å². The summed E-state index contributed by atoms with van der Waals surface area (Å²) in [4.78, 5) is 2.05. The van der Waals surface area contributed by atoms with Crippen LogP contribution in [0.1, 0.15) is 12.0 Å². The molecule has 0 saturated carbocycles. The van der Waals surface area contributed by atoms with E-state index in [0.717, 1.165) is 13.0 Å². The molecule has 0 heterocycles. The second-order valence-electron chi connectivity index (χ2n) is 3.76. The molecule has 0 aliphatic rings. The van der Waals surface area contributed by atoms with Crippen molar-refractivity contribution in [2.24, 2.45) is 0 Å². The van der Waals surface area contributed by atoms with Crippen LogP contribution in [0.4, 0.5) is 4.39 Å².